The van der Waals surface area contributed by atoms with Crippen LogP contribution in [-0.4, -0.2) is 21.1 Å². The first-order valence-corrected chi connectivity index (χ1v) is 7.45. The van der Waals surface area contributed by atoms with Crippen LogP contribution in [0.4, 0.5) is 0 Å². The van der Waals surface area contributed by atoms with Gasteiger partial charge in [-0.3, -0.25) is 0 Å². The van der Waals surface area contributed by atoms with Crippen LogP contribution in [0.15, 0.2) is 6.33 Å². The molecule has 3 rings (SSSR count). The Balaban J connectivity index is 1.88. The molecule has 18 heavy (non-hydrogen) atoms. The highest BCUT2D eigenvalue weighted by Crippen LogP contribution is 2.29. The molecule has 1 fully saturated rings. The Labute approximate surface area is 110 Å². The molecular weight excluding hydrogens is 246 g/mol. The summed E-state index contributed by atoms with van der Waals surface area (Å²) in [4.78, 5) is 14.0. The van der Waals surface area contributed by atoms with E-state index in [1.165, 1.54) is 19.3 Å². The van der Waals surface area contributed by atoms with Gasteiger partial charge in [-0.25, -0.2) is 9.97 Å². The van der Waals surface area contributed by atoms with Gasteiger partial charge >= 0.3 is 0 Å². The van der Waals surface area contributed by atoms with Crippen LogP contribution in [0.2, 0.25) is 0 Å². The van der Waals surface area contributed by atoms with E-state index in [-0.39, 0.29) is 0 Å². The second kappa shape index (κ2) is 5.18. The van der Waals surface area contributed by atoms with Crippen molar-refractivity contribution < 1.29 is 4.74 Å². The predicted molar refractivity (Wildman–Crippen MR) is 72.1 cm³/mol. The van der Waals surface area contributed by atoms with E-state index in [1.54, 1.807) is 17.7 Å². The highest BCUT2D eigenvalue weighted by Gasteiger charge is 2.18. The molecule has 0 aromatic carbocycles. The lowest BCUT2D eigenvalue weighted by Gasteiger charge is -2.22. The lowest BCUT2D eigenvalue weighted by atomic mass is 9.98. The van der Waals surface area contributed by atoms with Crippen molar-refractivity contribution in [1.29, 1.82) is 0 Å². The largest absolute Gasteiger partial charge is 0.473 e. The predicted octanol–water partition coefficient (Wildman–Crippen LogP) is 3.36. The Morgan fingerprint density at radius 3 is 2.89 bits per heavy atom. The molecule has 5 heteroatoms. The van der Waals surface area contributed by atoms with Gasteiger partial charge in [0.15, 0.2) is 10.3 Å². The van der Waals surface area contributed by atoms with E-state index in [4.69, 9.17) is 4.74 Å². The SMILES string of the molecule is CCc1nc2c(OC3CCCCC3)ncnc2s1. The molecule has 2 aromatic rings. The van der Waals surface area contributed by atoms with E-state index in [2.05, 4.69) is 21.9 Å². The van der Waals surface area contributed by atoms with Crippen LogP contribution in [0, 0.1) is 0 Å². The number of ether oxygens (including phenoxy) is 1. The topological polar surface area (TPSA) is 47.9 Å². The third-order valence-electron chi connectivity index (χ3n) is 3.34. The highest BCUT2D eigenvalue weighted by atomic mass is 32.1. The summed E-state index contributed by atoms with van der Waals surface area (Å²) >= 11 is 1.63. The van der Waals surface area contributed by atoms with E-state index in [0.717, 1.165) is 34.6 Å². The molecule has 2 aromatic heterocycles. The molecule has 0 aliphatic heterocycles. The van der Waals surface area contributed by atoms with Crippen molar-refractivity contribution in [3.63, 3.8) is 0 Å². The number of fused-ring (bicyclic) bond motifs is 1. The molecule has 1 saturated carbocycles. The number of rotatable bonds is 3. The molecule has 0 spiro atoms. The van der Waals surface area contributed by atoms with Crippen molar-refractivity contribution in [3.8, 4) is 5.88 Å². The summed E-state index contributed by atoms with van der Waals surface area (Å²) in [5.41, 5.74) is 0.838. The van der Waals surface area contributed by atoms with E-state index in [0.29, 0.717) is 12.0 Å². The fourth-order valence-corrected chi connectivity index (χ4v) is 3.19. The van der Waals surface area contributed by atoms with Gasteiger partial charge in [0.25, 0.3) is 0 Å². The molecule has 0 radical (unpaired) electrons. The standard InChI is InChI=1S/C13H17N3OS/c1-2-10-16-11-12(14-8-15-13(11)18-10)17-9-6-4-3-5-7-9/h8-9H,2-7H2,1H3. The lowest BCUT2D eigenvalue weighted by Crippen LogP contribution is -2.20. The molecule has 4 nitrogen and oxygen atoms in total. The Bertz CT molecular complexity index is 534. The van der Waals surface area contributed by atoms with Gasteiger partial charge < -0.3 is 4.74 Å². The minimum atomic E-state index is 0.309. The van der Waals surface area contributed by atoms with Crippen molar-refractivity contribution in [2.45, 2.75) is 51.6 Å². The zero-order valence-corrected chi connectivity index (χ0v) is 11.4. The number of hydrogen-bond acceptors (Lipinski definition) is 5. The second-order valence-corrected chi connectivity index (χ2v) is 5.73. The van der Waals surface area contributed by atoms with Crippen LogP contribution >= 0.6 is 11.3 Å². The van der Waals surface area contributed by atoms with Crippen LogP contribution in [-0.2, 0) is 6.42 Å². The van der Waals surface area contributed by atoms with Crippen molar-refractivity contribution in [2.75, 3.05) is 0 Å². The quantitative estimate of drug-likeness (QED) is 0.852. The molecule has 0 atom stereocenters. The summed E-state index contributed by atoms with van der Waals surface area (Å²) in [7, 11) is 0. The Hall–Kier alpha value is -1.23. The zero-order chi connectivity index (χ0) is 12.4. The summed E-state index contributed by atoms with van der Waals surface area (Å²) in [6, 6.07) is 0. The molecule has 1 aliphatic carbocycles. The summed E-state index contributed by atoms with van der Waals surface area (Å²) in [6.45, 7) is 2.10. The van der Waals surface area contributed by atoms with Crippen LogP contribution in [0.25, 0.3) is 10.3 Å². The minimum Gasteiger partial charge on any atom is -0.473 e. The summed E-state index contributed by atoms with van der Waals surface area (Å²) in [6.07, 6.45) is 8.94. The monoisotopic (exact) mass is 263 g/mol. The van der Waals surface area contributed by atoms with Gasteiger partial charge in [-0.05, 0) is 32.1 Å². The first-order valence-electron chi connectivity index (χ1n) is 6.64. The Morgan fingerprint density at radius 1 is 1.28 bits per heavy atom. The minimum absolute atomic E-state index is 0.309. The molecule has 2 heterocycles. The average Bonchev–Trinajstić information content (AvgIpc) is 2.84. The third-order valence-corrected chi connectivity index (χ3v) is 4.45. The summed E-state index contributed by atoms with van der Waals surface area (Å²) in [5, 5.41) is 1.10. The number of aryl methyl sites for hydroxylation is 1. The van der Waals surface area contributed by atoms with Crippen LogP contribution in [0.3, 0.4) is 0 Å². The first-order chi connectivity index (χ1) is 8.86. The van der Waals surface area contributed by atoms with Crippen LogP contribution < -0.4 is 4.74 Å². The number of hydrogen-bond donors (Lipinski definition) is 0. The van der Waals surface area contributed by atoms with Gasteiger partial charge in [-0.1, -0.05) is 24.7 Å². The second-order valence-electron chi connectivity index (χ2n) is 4.67. The zero-order valence-electron chi connectivity index (χ0n) is 10.6. The molecule has 0 bridgehead atoms. The number of nitrogens with zero attached hydrogens (tertiary/aromatic N) is 3. The van der Waals surface area contributed by atoms with Crippen molar-refractivity contribution in [3.05, 3.63) is 11.3 Å². The molecule has 96 valence electrons. The normalized spacial score (nSPS) is 17.2. The molecule has 0 amide bonds. The van der Waals surface area contributed by atoms with Gasteiger partial charge in [0.2, 0.25) is 5.88 Å². The summed E-state index contributed by atoms with van der Waals surface area (Å²) in [5.74, 6) is 0.669. The smallest absolute Gasteiger partial charge is 0.244 e. The summed E-state index contributed by atoms with van der Waals surface area (Å²) < 4.78 is 6.02. The van der Waals surface area contributed by atoms with Gasteiger partial charge in [0.1, 0.15) is 12.4 Å². The maximum Gasteiger partial charge on any atom is 0.244 e. The average molecular weight is 263 g/mol. The van der Waals surface area contributed by atoms with Gasteiger partial charge in [-0.2, -0.15) is 4.98 Å². The Morgan fingerprint density at radius 2 is 2.11 bits per heavy atom. The molecule has 0 saturated heterocycles. The van der Waals surface area contributed by atoms with Crippen molar-refractivity contribution in [1.82, 2.24) is 15.0 Å². The van der Waals surface area contributed by atoms with Crippen LogP contribution in [0.5, 0.6) is 5.88 Å². The molecular formula is C13H17N3OS. The number of aromatic nitrogens is 3. The molecule has 0 unspecified atom stereocenters. The van der Waals surface area contributed by atoms with Gasteiger partial charge in [-0.15, -0.1) is 0 Å². The maximum atomic E-state index is 6.02. The molecule has 0 N–H and O–H groups in total. The number of thiazole rings is 1. The van der Waals surface area contributed by atoms with E-state index >= 15 is 0 Å². The highest BCUT2D eigenvalue weighted by molar-refractivity contribution is 7.18. The Kier molecular flexibility index (Phi) is 3.41. The van der Waals surface area contributed by atoms with E-state index in [9.17, 15) is 0 Å². The fraction of sp³-hybridized carbons (Fsp3) is 0.615. The third kappa shape index (κ3) is 2.32. The first kappa shape index (κ1) is 11.8. The van der Waals surface area contributed by atoms with Crippen molar-refractivity contribution in [2.24, 2.45) is 0 Å². The van der Waals surface area contributed by atoms with E-state index in [1.807, 2.05) is 0 Å². The van der Waals surface area contributed by atoms with Crippen LogP contribution in [0.1, 0.15) is 44.0 Å². The fourth-order valence-electron chi connectivity index (χ4n) is 2.36. The lowest BCUT2D eigenvalue weighted by molar-refractivity contribution is 0.150. The van der Waals surface area contributed by atoms with Gasteiger partial charge in [0, 0.05) is 0 Å². The van der Waals surface area contributed by atoms with E-state index < -0.39 is 0 Å². The maximum absolute atomic E-state index is 6.02. The van der Waals surface area contributed by atoms with Crippen molar-refractivity contribution >= 4 is 21.7 Å². The van der Waals surface area contributed by atoms with Gasteiger partial charge in [0.05, 0.1) is 5.01 Å². The molecule has 1 aliphatic rings.